The van der Waals surface area contributed by atoms with Gasteiger partial charge < -0.3 is 10.1 Å². The molecule has 3 aromatic carbocycles. The first-order valence-corrected chi connectivity index (χ1v) is 8.88. The van der Waals surface area contributed by atoms with Gasteiger partial charge in [-0.1, -0.05) is 48.0 Å². The van der Waals surface area contributed by atoms with E-state index in [0.29, 0.717) is 5.69 Å². The largest absolute Gasteiger partial charge is 0.457 e. The van der Waals surface area contributed by atoms with Crippen molar-refractivity contribution in [2.75, 3.05) is 5.32 Å². The second-order valence-electron chi connectivity index (χ2n) is 6.02. The molecule has 0 aliphatic heterocycles. The molecule has 0 radical (unpaired) electrons. The summed E-state index contributed by atoms with van der Waals surface area (Å²) in [6.07, 6.45) is 0. The minimum absolute atomic E-state index is 0.116. The molecule has 0 heterocycles. The van der Waals surface area contributed by atoms with E-state index >= 15 is 0 Å². The van der Waals surface area contributed by atoms with Gasteiger partial charge in [-0.25, -0.2) is 4.79 Å². The fourth-order valence-electron chi connectivity index (χ4n) is 2.58. The molecular formula is C21H15ClN2O5. The van der Waals surface area contributed by atoms with Crippen molar-refractivity contribution < 1.29 is 19.2 Å². The minimum atomic E-state index is -0.714. The number of benzene rings is 3. The molecule has 0 unspecified atom stereocenters. The van der Waals surface area contributed by atoms with Crippen molar-refractivity contribution in [1.29, 1.82) is 0 Å². The van der Waals surface area contributed by atoms with Crippen molar-refractivity contribution in [2.45, 2.75) is 6.61 Å². The Morgan fingerprint density at radius 1 is 1.00 bits per heavy atom. The third-order valence-electron chi connectivity index (χ3n) is 3.97. The number of hydrogen-bond donors (Lipinski definition) is 1. The zero-order valence-corrected chi connectivity index (χ0v) is 15.8. The van der Waals surface area contributed by atoms with Gasteiger partial charge in [-0.2, -0.15) is 0 Å². The van der Waals surface area contributed by atoms with E-state index in [2.05, 4.69) is 5.32 Å². The van der Waals surface area contributed by atoms with Crippen LogP contribution in [0.15, 0.2) is 72.8 Å². The number of halogens is 1. The summed E-state index contributed by atoms with van der Waals surface area (Å²) in [7, 11) is 0. The third kappa shape index (κ3) is 5.18. The Balaban J connectivity index is 1.73. The Hall–Kier alpha value is -3.71. The van der Waals surface area contributed by atoms with Gasteiger partial charge in [0.2, 0.25) is 0 Å². The van der Waals surface area contributed by atoms with Crippen LogP contribution in [0.5, 0.6) is 0 Å². The smallest absolute Gasteiger partial charge is 0.338 e. The van der Waals surface area contributed by atoms with Crippen LogP contribution < -0.4 is 5.32 Å². The Labute approximate surface area is 171 Å². The molecule has 0 aliphatic carbocycles. The number of nitrogens with zero attached hydrogens (tertiary/aromatic N) is 1. The fourth-order valence-corrected chi connectivity index (χ4v) is 2.75. The summed E-state index contributed by atoms with van der Waals surface area (Å²) in [6, 6.07) is 19.0. The number of amides is 1. The summed E-state index contributed by atoms with van der Waals surface area (Å²) < 4.78 is 5.27. The van der Waals surface area contributed by atoms with E-state index in [1.165, 1.54) is 18.2 Å². The quantitative estimate of drug-likeness (QED) is 0.355. The van der Waals surface area contributed by atoms with Crippen LogP contribution in [-0.4, -0.2) is 16.8 Å². The van der Waals surface area contributed by atoms with Crippen LogP contribution in [0.3, 0.4) is 0 Å². The first kappa shape index (κ1) is 20.0. The van der Waals surface area contributed by atoms with Crippen LogP contribution in [0.25, 0.3) is 0 Å². The van der Waals surface area contributed by atoms with Gasteiger partial charge >= 0.3 is 5.97 Å². The number of nitrogens with one attached hydrogen (secondary N) is 1. The molecule has 0 saturated carbocycles. The average Bonchev–Trinajstić information content (AvgIpc) is 2.72. The van der Waals surface area contributed by atoms with E-state index in [-0.39, 0.29) is 28.4 Å². The van der Waals surface area contributed by atoms with Crippen molar-refractivity contribution in [3.63, 3.8) is 0 Å². The molecule has 0 aromatic heterocycles. The van der Waals surface area contributed by atoms with Crippen molar-refractivity contribution in [3.05, 3.63) is 105 Å². The molecule has 8 heteroatoms. The van der Waals surface area contributed by atoms with Gasteiger partial charge in [0.1, 0.15) is 12.2 Å². The number of carbonyl (C=O) groups is 2. The van der Waals surface area contributed by atoms with E-state index in [4.69, 9.17) is 16.3 Å². The zero-order valence-electron chi connectivity index (χ0n) is 15.0. The molecular weight excluding hydrogens is 396 g/mol. The number of rotatable bonds is 6. The molecule has 3 aromatic rings. The van der Waals surface area contributed by atoms with Gasteiger partial charge in [0.15, 0.2) is 0 Å². The number of anilines is 1. The molecule has 0 spiro atoms. The monoisotopic (exact) mass is 410 g/mol. The molecule has 29 heavy (non-hydrogen) atoms. The minimum Gasteiger partial charge on any atom is -0.457 e. The van der Waals surface area contributed by atoms with Crippen LogP contribution in [-0.2, 0) is 11.3 Å². The topological polar surface area (TPSA) is 98.5 Å². The summed E-state index contributed by atoms with van der Waals surface area (Å²) >= 11 is 5.86. The highest BCUT2D eigenvalue weighted by molar-refractivity contribution is 6.31. The standard InChI is InChI=1S/C21H15ClN2O5/c22-16-9-10-19(24(27)28)18(12-16)20(25)23-17-8-4-7-15(11-17)21(26)29-13-14-5-2-1-3-6-14/h1-12H,13H2,(H,23,25). The molecule has 0 bridgehead atoms. The van der Waals surface area contributed by atoms with Gasteiger partial charge in [-0.3, -0.25) is 14.9 Å². The highest BCUT2D eigenvalue weighted by atomic mass is 35.5. The SMILES string of the molecule is O=C(OCc1ccccc1)c1cccc(NC(=O)c2cc(Cl)ccc2[N+](=O)[O-])c1. The summed E-state index contributed by atoms with van der Waals surface area (Å²) in [5.41, 5.74) is 0.821. The lowest BCUT2D eigenvalue weighted by atomic mass is 10.1. The molecule has 0 atom stereocenters. The number of nitro benzene ring substituents is 1. The van der Waals surface area contributed by atoms with E-state index in [1.54, 1.807) is 18.2 Å². The first-order valence-electron chi connectivity index (χ1n) is 8.50. The van der Waals surface area contributed by atoms with Crippen molar-refractivity contribution in [2.24, 2.45) is 0 Å². The van der Waals surface area contributed by atoms with Crippen molar-refractivity contribution in [3.8, 4) is 0 Å². The number of ether oxygens (including phenoxy) is 1. The van der Waals surface area contributed by atoms with Crippen LogP contribution in [0.4, 0.5) is 11.4 Å². The second-order valence-corrected chi connectivity index (χ2v) is 6.45. The maximum absolute atomic E-state index is 12.5. The van der Waals surface area contributed by atoms with Crippen LogP contribution >= 0.6 is 11.6 Å². The Morgan fingerprint density at radius 3 is 2.48 bits per heavy atom. The Kier molecular flexibility index (Phi) is 6.21. The van der Waals surface area contributed by atoms with Gasteiger partial charge in [-0.05, 0) is 35.9 Å². The molecule has 0 saturated heterocycles. The van der Waals surface area contributed by atoms with Crippen LogP contribution in [0.2, 0.25) is 5.02 Å². The number of carbonyl (C=O) groups excluding carboxylic acids is 2. The van der Waals surface area contributed by atoms with Crippen LogP contribution in [0.1, 0.15) is 26.3 Å². The number of nitro groups is 1. The Morgan fingerprint density at radius 2 is 1.76 bits per heavy atom. The lowest BCUT2D eigenvalue weighted by Gasteiger charge is -2.09. The van der Waals surface area contributed by atoms with E-state index < -0.39 is 16.8 Å². The first-order chi connectivity index (χ1) is 13.9. The normalized spacial score (nSPS) is 10.2. The van der Waals surface area contributed by atoms with Gasteiger partial charge in [-0.15, -0.1) is 0 Å². The summed E-state index contributed by atoms with van der Waals surface area (Å²) in [5, 5.41) is 13.9. The number of esters is 1. The van der Waals surface area contributed by atoms with Crippen LogP contribution in [0, 0.1) is 10.1 Å². The van der Waals surface area contributed by atoms with E-state index in [0.717, 1.165) is 11.6 Å². The Bertz CT molecular complexity index is 1070. The predicted molar refractivity (Wildman–Crippen MR) is 108 cm³/mol. The molecule has 0 aliphatic rings. The maximum atomic E-state index is 12.5. The van der Waals surface area contributed by atoms with Gasteiger partial charge in [0.25, 0.3) is 11.6 Å². The molecule has 1 N–H and O–H groups in total. The van der Waals surface area contributed by atoms with Gasteiger partial charge in [0.05, 0.1) is 10.5 Å². The lowest BCUT2D eigenvalue weighted by Crippen LogP contribution is -2.14. The summed E-state index contributed by atoms with van der Waals surface area (Å²) in [6.45, 7) is 0.116. The average molecular weight is 411 g/mol. The van der Waals surface area contributed by atoms with E-state index in [9.17, 15) is 19.7 Å². The summed E-state index contributed by atoms with van der Waals surface area (Å²) in [4.78, 5) is 35.2. The zero-order chi connectivity index (χ0) is 20.8. The van der Waals surface area contributed by atoms with Crippen molar-refractivity contribution >= 4 is 34.9 Å². The molecule has 1 amide bonds. The summed E-state index contributed by atoms with van der Waals surface area (Å²) in [5.74, 6) is -1.27. The molecule has 3 rings (SSSR count). The maximum Gasteiger partial charge on any atom is 0.338 e. The predicted octanol–water partition coefficient (Wildman–Crippen LogP) is 4.86. The van der Waals surface area contributed by atoms with Crippen molar-refractivity contribution in [1.82, 2.24) is 0 Å². The highest BCUT2D eigenvalue weighted by Crippen LogP contribution is 2.24. The van der Waals surface area contributed by atoms with E-state index in [1.807, 2.05) is 30.3 Å². The molecule has 0 fully saturated rings. The highest BCUT2D eigenvalue weighted by Gasteiger charge is 2.21. The lowest BCUT2D eigenvalue weighted by molar-refractivity contribution is -0.385. The molecule has 7 nitrogen and oxygen atoms in total. The third-order valence-corrected chi connectivity index (χ3v) is 4.20. The number of hydrogen-bond acceptors (Lipinski definition) is 5. The molecule has 146 valence electrons. The van der Waals surface area contributed by atoms with Gasteiger partial charge in [0, 0.05) is 16.8 Å². The second kappa shape index (κ2) is 8.99. The fraction of sp³-hybridized carbons (Fsp3) is 0.0476.